The van der Waals surface area contributed by atoms with Crippen molar-refractivity contribution in [2.45, 2.75) is 23.6 Å². The Kier molecular flexibility index (Phi) is 5.81. The first-order chi connectivity index (χ1) is 11.6. The molecular weight excluding hydrogens is 370 g/mol. The average Bonchev–Trinajstić information content (AvgIpc) is 2.51. The summed E-state index contributed by atoms with van der Waals surface area (Å²) in [5.74, 6) is -1.87. The van der Waals surface area contributed by atoms with Gasteiger partial charge >= 0.3 is 0 Å². The smallest absolute Gasteiger partial charge is 0.238 e. The lowest BCUT2D eigenvalue weighted by atomic mass is 10.1. The van der Waals surface area contributed by atoms with Gasteiger partial charge in [0.2, 0.25) is 15.9 Å². The predicted molar refractivity (Wildman–Crippen MR) is 93.0 cm³/mol. The number of rotatable bonds is 5. The summed E-state index contributed by atoms with van der Waals surface area (Å²) in [5, 5.41) is 7.69. The van der Waals surface area contributed by atoms with Gasteiger partial charge in [0.25, 0.3) is 0 Å². The third kappa shape index (κ3) is 5.00. The second-order valence-electron chi connectivity index (χ2n) is 5.37. The van der Waals surface area contributed by atoms with Crippen molar-refractivity contribution in [1.82, 2.24) is 0 Å². The number of hydrogen-bond acceptors (Lipinski definition) is 4. The van der Waals surface area contributed by atoms with Gasteiger partial charge in [0, 0.05) is 10.6 Å². The molecule has 0 unspecified atom stereocenters. The van der Waals surface area contributed by atoms with E-state index in [9.17, 15) is 22.0 Å². The number of halogens is 2. The van der Waals surface area contributed by atoms with E-state index in [1.807, 2.05) is 0 Å². The highest BCUT2D eigenvalue weighted by Gasteiger charge is 2.15. The second kappa shape index (κ2) is 7.51. The van der Waals surface area contributed by atoms with Crippen molar-refractivity contribution >= 4 is 33.4 Å². The lowest BCUT2D eigenvalue weighted by molar-refractivity contribution is -0.113. The molecule has 2 aromatic carbocycles. The van der Waals surface area contributed by atoms with E-state index < -0.39 is 27.6 Å². The summed E-state index contributed by atoms with van der Waals surface area (Å²) >= 11 is 0.838. The van der Waals surface area contributed by atoms with Crippen molar-refractivity contribution in [2.75, 3.05) is 11.1 Å². The van der Waals surface area contributed by atoms with E-state index in [1.54, 1.807) is 13.8 Å². The Bertz CT molecular complexity index is 931. The van der Waals surface area contributed by atoms with Crippen LogP contribution in [0, 0.1) is 25.5 Å². The molecule has 0 radical (unpaired) electrons. The number of aryl methyl sites for hydroxylation is 1. The Balaban J connectivity index is 2.15. The Morgan fingerprint density at radius 1 is 1.20 bits per heavy atom. The molecule has 9 heteroatoms. The summed E-state index contributed by atoms with van der Waals surface area (Å²) in [5.41, 5.74) is 1.63. The van der Waals surface area contributed by atoms with Gasteiger partial charge in [0.15, 0.2) is 0 Å². The molecule has 1 amide bonds. The van der Waals surface area contributed by atoms with Gasteiger partial charge in [-0.1, -0.05) is 0 Å². The van der Waals surface area contributed by atoms with Crippen LogP contribution in [0.4, 0.5) is 14.5 Å². The van der Waals surface area contributed by atoms with Crippen LogP contribution < -0.4 is 10.5 Å². The number of amides is 1. The van der Waals surface area contributed by atoms with Crippen LogP contribution >= 0.6 is 11.8 Å². The minimum Gasteiger partial charge on any atom is -0.325 e. The molecule has 0 aromatic heterocycles. The van der Waals surface area contributed by atoms with Crippen LogP contribution in [-0.2, 0) is 14.8 Å². The molecule has 134 valence electrons. The minimum atomic E-state index is -3.91. The molecule has 0 heterocycles. The minimum absolute atomic E-state index is 0.0151. The van der Waals surface area contributed by atoms with E-state index in [1.165, 1.54) is 12.1 Å². The van der Waals surface area contributed by atoms with E-state index in [0.29, 0.717) is 16.8 Å². The van der Waals surface area contributed by atoms with E-state index in [0.717, 1.165) is 30.0 Å². The highest BCUT2D eigenvalue weighted by atomic mass is 32.2. The molecule has 0 aliphatic heterocycles. The zero-order valence-electron chi connectivity index (χ0n) is 13.5. The maximum Gasteiger partial charge on any atom is 0.238 e. The van der Waals surface area contributed by atoms with Crippen LogP contribution in [0.3, 0.4) is 0 Å². The molecule has 0 aliphatic rings. The molecule has 0 aliphatic carbocycles. The molecule has 3 N–H and O–H groups in total. The standard InChI is InChI=1S/C16H16F2N2O3S2/c1-9-5-12(25(19,22)23)7-14(10(9)2)20-16(21)8-24-15-6-11(17)3-4-13(15)18/h3-7H,8H2,1-2H3,(H,20,21)(H2,19,22,23). The molecule has 25 heavy (non-hydrogen) atoms. The summed E-state index contributed by atoms with van der Waals surface area (Å²) in [6.45, 7) is 3.41. The fraction of sp³-hybridized carbons (Fsp3) is 0.188. The first-order valence-corrected chi connectivity index (χ1v) is 9.63. The molecule has 0 atom stereocenters. The highest BCUT2D eigenvalue weighted by molar-refractivity contribution is 8.00. The largest absolute Gasteiger partial charge is 0.325 e. The normalized spacial score (nSPS) is 11.4. The Labute approximate surface area is 148 Å². The van der Waals surface area contributed by atoms with Crippen LogP contribution in [0.25, 0.3) is 0 Å². The quantitative estimate of drug-likeness (QED) is 0.773. The van der Waals surface area contributed by atoms with E-state index in [4.69, 9.17) is 5.14 Å². The Morgan fingerprint density at radius 3 is 2.52 bits per heavy atom. The van der Waals surface area contributed by atoms with Gasteiger partial charge in [0.05, 0.1) is 10.6 Å². The molecule has 0 spiro atoms. The van der Waals surface area contributed by atoms with Gasteiger partial charge < -0.3 is 5.32 Å². The maximum atomic E-state index is 13.5. The van der Waals surface area contributed by atoms with Crippen LogP contribution in [0.5, 0.6) is 0 Å². The van der Waals surface area contributed by atoms with Gasteiger partial charge in [-0.15, -0.1) is 11.8 Å². The number of carbonyl (C=O) groups excluding carboxylic acids is 1. The van der Waals surface area contributed by atoms with Crippen LogP contribution in [0.1, 0.15) is 11.1 Å². The molecule has 5 nitrogen and oxygen atoms in total. The van der Waals surface area contributed by atoms with Gasteiger partial charge in [-0.05, 0) is 55.3 Å². The predicted octanol–water partition coefficient (Wildman–Crippen LogP) is 2.96. The molecule has 0 saturated heterocycles. The van der Waals surface area contributed by atoms with Crippen molar-refractivity contribution in [2.24, 2.45) is 5.14 Å². The fourth-order valence-corrected chi connectivity index (χ4v) is 3.42. The van der Waals surface area contributed by atoms with Gasteiger partial charge in [0.1, 0.15) is 11.6 Å². The number of nitrogens with one attached hydrogen (secondary N) is 1. The molecular formula is C16H16F2N2O3S2. The Morgan fingerprint density at radius 2 is 1.88 bits per heavy atom. The van der Waals surface area contributed by atoms with E-state index >= 15 is 0 Å². The lowest BCUT2D eigenvalue weighted by Gasteiger charge is -2.12. The Hall–Kier alpha value is -1.97. The van der Waals surface area contributed by atoms with Crippen molar-refractivity contribution in [3.8, 4) is 0 Å². The van der Waals surface area contributed by atoms with Crippen LogP contribution in [0.2, 0.25) is 0 Å². The topological polar surface area (TPSA) is 89.3 Å². The molecule has 0 fully saturated rings. The summed E-state index contributed by atoms with van der Waals surface area (Å²) in [6.07, 6.45) is 0. The monoisotopic (exact) mass is 386 g/mol. The number of sulfonamides is 1. The van der Waals surface area contributed by atoms with E-state index in [-0.39, 0.29) is 15.5 Å². The molecule has 0 saturated carbocycles. The first kappa shape index (κ1) is 19.4. The molecule has 2 aromatic rings. The highest BCUT2D eigenvalue weighted by Crippen LogP contribution is 2.25. The van der Waals surface area contributed by atoms with Crippen molar-refractivity contribution in [1.29, 1.82) is 0 Å². The molecule has 2 rings (SSSR count). The fourth-order valence-electron chi connectivity index (χ4n) is 2.04. The number of thioether (sulfide) groups is 1. The summed E-state index contributed by atoms with van der Waals surface area (Å²) in [7, 11) is -3.91. The summed E-state index contributed by atoms with van der Waals surface area (Å²) < 4.78 is 49.7. The van der Waals surface area contributed by atoms with Gasteiger partial charge in [-0.3, -0.25) is 4.79 Å². The van der Waals surface area contributed by atoms with Crippen LogP contribution in [-0.4, -0.2) is 20.1 Å². The van der Waals surface area contributed by atoms with Gasteiger partial charge in [-0.2, -0.15) is 0 Å². The SMILES string of the molecule is Cc1cc(S(N)(=O)=O)cc(NC(=O)CSc2cc(F)ccc2F)c1C. The number of nitrogens with two attached hydrogens (primary N) is 1. The summed E-state index contributed by atoms with van der Waals surface area (Å²) in [6, 6.07) is 5.66. The number of primary sulfonamides is 1. The van der Waals surface area contributed by atoms with Crippen LogP contribution in [0.15, 0.2) is 40.1 Å². The summed E-state index contributed by atoms with van der Waals surface area (Å²) in [4.78, 5) is 12.0. The third-order valence-electron chi connectivity index (χ3n) is 3.50. The zero-order chi connectivity index (χ0) is 18.8. The second-order valence-corrected chi connectivity index (χ2v) is 7.95. The van der Waals surface area contributed by atoms with Gasteiger partial charge in [-0.25, -0.2) is 22.3 Å². The number of anilines is 1. The number of carbonyl (C=O) groups is 1. The number of benzene rings is 2. The molecule has 0 bridgehead atoms. The van der Waals surface area contributed by atoms with E-state index in [2.05, 4.69) is 5.32 Å². The van der Waals surface area contributed by atoms with Crippen molar-refractivity contribution < 1.29 is 22.0 Å². The number of hydrogen-bond donors (Lipinski definition) is 2. The van der Waals surface area contributed by atoms with Crippen molar-refractivity contribution in [3.05, 3.63) is 53.1 Å². The average molecular weight is 386 g/mol. The van der Waals surface area contributed by atoms with Crippen molar-refractivity contribution in [3.63, 3.8) is 0 Å². The first-order valence-electron chi connectivity index (χ1n) is 7.09. The maximum absolute atomic E-state index is 13.5. The third-order valence-corrected chi connectivity index (χ3v) is 5.42. The zero-order valence-corrected chi connectivity index (χ0v) is 15.1. The lowest BCUT2D eigenvalue weighted by Crippen LogP contribution is -2.17.